The van der Waals surface area contributed by atoms with Gasteiger partial charge in [0.1, 0.15) is 0 Å². The number of rotatable bonds is 4. The summed E-state index contributed by atoms with van der Waals surface area (Å²) in [4.78, 5) is 2.67. The lowest BCUT2D eigenvalue weighted by molar-refractivity contribution is 0.155. The highest BCUT2D eigenvalue weighted by Crippen LogP contribution is 2.28. The van der Waals surface area contributed by atoms with Crippen LogP contribution in [0.3, 0.4) is 0 Å². The first kappa shape index (κ1) is 14.3. The van der Waals surface area contributed by atoms with Crippen molar-refractivity contribution in [1.82, 2.24) is 10.2 Å². The Balaban J connectivity index is 1.70. The Hall–Kier alpha value is -0.0800. The van der Waals surface area contributed by atoms with Crippen LogP contribution in [-0.2, 0) is 0 Å². The second-order valence-corrected chi connectivity index (χ2v) is 6.86. The molecule has 1 N–H and O–H groups in total. The number of nitrogens with zero attached hydrogens (tertiary/aromatic N) is 1. The second-order valence-electron chi connectivity index (χ2n) is 6.86. The second kappa shape index (κ2) is 6.91. The summed E-state index contributed by atoms with van der Waals surface area (Å²) < 4.78 is 0. The quantitative estimate of drug-likeness (QED) is 0.826. The lowest BCUT2D eigenvalue weighted by atomic mass is 9.80. The molecule has 18 heavy (non-hydrogen) atoms. The van der Waals surface area contributed by atoms with Crippen LogP contribution in [0.15, 0.2) is 0 Å². The maximum atomic E-state index is 3.85. The van der Waals surface area contributed by atoms with E-state index in [9.17, 15) is 0 Å². The van der Waals surface area contributed by atoms with Crippen molar-refractivity contribution in [1.29, 1.82) is 0 Å². The minimum absolute atomic E-state index is 0.719. The van der Waals surface area contributed by atoms with Gasteiger partial charge in [-0.05, 0) is 64.0 Å². The van der Waals surface area contributed by atoms with E-state index in [0.29, 0.717) is 0 Å². The summed E-state index contributed by atoms with van der Waals surface area (Å²) in [5.74, 6) is 1.81. The van der Waals surface area contributed by atoms with E-state index < -0.39 is 0 Å². The van der Waals surface area contributed by atoms with Crippen molar-refractivity contribution in [3.63, 3.8) is 0 Å². The largest absolute Gasteiger partial charge is 0.312 e. The van der Waals surface area contributed by atoms with Gasteiger partial charge in [-0.15, -0.1) is 0 Å². The van der Waals surface area contributed by atoms with Crippen LogP contribution in [-0.4, -0.2) is 36.6 Å². The van der Waals surface area contributed by atoms with E-state index in [1.807, 2.05) is 0 Å². The van der Waals surface area contributed by atoms with Gasteiger partial charge >= 0.3 is 0 Å². The maximum absolute atomic E-state index is 3.85. The molecule has 1 heterocycles. The molecule has 2 aliphatic rings. The van der Waals surface area contributed by atoms with Crippen LogP contribution in [0.4, 0.5) is 0 Å². The van der Waals surface area contributed by atoms with E-state index in [1.54, 1.807) is 0 Å². The zero-order valence-electron chi connectivity index (χ0n) is 12.6. The highest BCUT2D eigenvalue weighted by atomic mass is 15.2. The van der Waals surface area contributed by atoms with Crippen LogP contribution < -0.4 is 5.32 Å². The molecule has 1 aliphatic carbocycles. The Morgan fingerprint density at radius 2 is 1.83 bits per heavy atom. The molecule has 2 heteroatoms. The molecule has 1 saturated heterocycles. The predicted molar refractivity (Wildman–Crippen MR) is 78.9 cm³/mol. The molecule has 0 amide bonds. The molecule has 2 fully saturated rings. The van der Waals surface area contributed by atoms with Crippen molar-refractivity contribution in [2.75, 3.05) is 19.6 Å². The molecule has 2 rings (SSSR count). The van der Waals surface area contributed by atoms with Crippen molar-refractivity contribution in [3.05, 3.63) is 0 Å². The molecule has 0 spiro atoms. The summed E-state index contributed by atoms with van der Waals surface area (Å²) in [5.41, 5.74) is 0. The van der Waals surface area contributed by atoms with Gasteiger partial charge in [-0.25, -0.2) is 0 Å². The van der Waals surface area contributed by atoms with Gasteiger partial charge in [-0.3, -0.25) is 4.90 Å². The van der Waals surface area contributed by atoms with Gasteiger partial charge in [-0.2, -0.15) is 0 Å². The molecule has 1 aliphatic heterocycles. The molecule has 0 aromatic rings. The van der Waals surface area contributed by atoms with E-state index in [4.69, 9.17) is 0 Å². The Bertz CT molecular complexity index is 235. The maximum Gasteiger partial charge on any atom is 0.0192 e. The molecule has 0 aromatic carbocycles. The van der Waals surface area contributed by atoms with Gasteiger partial charge < -0.3 is 5.32 Å². The monoisotopic (exact) mass is 252 g/mol. The van der Waals surface area contributed by atoms with Gasteiger partial charge in [0.15, 0.2) is 0 Å². The van der Waals surface area contributed by atoms with Crippen LogP contribution in [0.2, 0.25) is 0 Å². The zero-order valence-corrected chi connectivity index (χ0v) is 12.6. The minimum Gasteiger partial charge on any atom is -0.312 e. The van der Waals surface area contributed by atoms with Crippen LogP contribution in [0.25, 0.3) is 0 Å². The summed E-state index contributed by atoms with van der Waals surface area (Å²) in [7, 11) is 0. The molecular weight excluding hydrogens is 220 g/mol. The van der Waals surface area contributed by atoms with Crippen LogP contribution >= 0.6 is 0 Å². The van der Waals surface area contributed by atoms with Gasteiger partial charge in [0.2, 0.25) is 0 Å². The van der Waals surface area contributed by atoms with Crippen LogP contribution in [0, 0.1) is 11.8 Å². The predicted octanol–water partition coefficient (Wildman–Crippen LogP) is 3.28. The Kier molecular flexibility index (Phi) is 5.50. The Labute approximate surface area is 114 Å². The van der Waals surface area contributed by atoms with Gasteiger partial charge in [0.05, 0.1) is 0 Å². The SMILES string of the molecule is CC1CCC(NCC(C)N2CCCCC2)C(C)C1. The molecular formula is C16H32N2. The van der Waals surface area contributed by atoms with Crippen LogP contribution in [0.5, 0.6) is 0 Å². The fraction of sp³-hybridized carbons (Fsp3) is 1.00. The highest BCUT2D eigenvalue weighted by molar-refractivity contribution is 4.83. The molecule has 4 unspecified atom stereocenters. The van der Waals surface area contributed by atoms with Gasteiger partial charge in [-0.1, -0.05) is 20.3 Å². The van der Waals surface area contributed by atoms with E-state index in [0.717, 1.165) is 23.9 Å². The Morgan fingerprint density at radius 3 is 2.50 bits per heavy atom. The highest BCUT2D eigenvalue weighted by Gasteiger charge is 2.26. The molecule has 106 valence electrons. The third-order valence-electron chi connectivity index (χ3n) is 5.12. The van der Waals surface area contributed by atoms with Crippen molar-refractivity contribution in [2.45, 2.75) is 71.4 Å². The van der Waals surface area contributed by atoms with E-state index in [-0.39, 0.29) is 0 Å². The Morgan fingerprint density at radius 1 is 1.11 bits per heavy atom. The summed E-state index contributed by atoms with van der Waals surface area (Å²) in [6.45, 7) is 11.1. The lowest BCUT2D eigenvalue weighted by Crippen LogP contribution is -2.48. The third kappa shape index (κ3) is 3.96. The summed E-state index contributed by atoms with van der Waals surface area (Å²) >= 11 is 0. The summed E-state index contributed by atoms with van der Waals surface area (Å²) in [6, 6.07) is 1.49. The van der Waals surface area contributed by atoms with Gasteiger partial charge in [0, 0.05) is 18.6 Å². The molecule has 0 radical (unpaired) electrons. The molecule has 4 atom stereocenters. The van der Waals surface area contributed by atoms with Crippen molar-refractivity contribution in [2.24, 2.45) is 11.8 Å². The molecule has 0 bridgehead atoms. The standard InChI is InChI=1S/C16H32N2/c1-13-7-8-16(14(2)11-13)17-12-15(3)18-9-5-4-6-10-18/h13-17H,4-12H2,1-3H3. The fourth-order valence-corrected chi connectivity index (χ4v) is 3.78. The third-order valence-corrected chi connectivity index (χ3v) is 5.12. The average molecular weight is 252 g/mol. The van der Waals surface area contributed by atoms with Crippen molar-refractivity contribution < 1.29 is 0 Å². The minimum atomic E-state index is 0.719. The van der Waals surface area contributed by atoms with Gasteiger partial charge in [0.25, 0.3) is 0 Å². The molecule has 1 saturated carbocycles. The topological polar surface area (TPSA) is 15.3 Å². The van der Waals surface area contributed by atoms with E-state index in [1.165, 1.54) is 58.2 Å². The van der Waals surface area contributed by atoms with Crippen LogP contribution in [0.1, 0.15) is 59.3 Å². The summed E-state index contributed by atoms with van der Waals surface area (Å²) in [5, 5.41) is 3.85. The first-order valence-electron chi connectivity index (χ1n) is 8.14. The molecule has 0 aromatic heterocycles. The number of nitrogens with one attached hydrogen (secondary N) is 1. The van der Waals surface area contributed by atoms with E-state index >= 15 is 0 Å². The molecule has 2 nitrogen and oxygen atoms in total. The zero-order chi connectivity index (χ0) is 13.0. The summed E-state index contributed by atoms with van der Waals surface area (Å²) in [6.07, 6.45) is 8.46. The van der Waals surface area contributed by atoms with E-state index in [2.05, 4.69) is 31.0 Å². The fourth-order valence-electron chi connectivity index (χ4n) is 3.78. The normalized spacial score (nSPS) is 36.5. The van der Waals surface area contributed by atoms with Crippen molar-refractivity contribution in [3.8, 4) is 0 Å². The lowest BCUT2D eigenvalue weighted by Gasteiger charge is -2.37. The number of hydrogen-bond donors (Lipinski definition) is 1. The average Bonchev–Trinajstić information content (AvgIpc) is 2.38. The number of piperidine rings is 1. The smallest absolute Gasteiger partial charge is 0.0192 e. The number of hydrogen-bond acceptors (Lipinski definition) is 2. The first-order chi connectivity index (χ1) is 8.66. The van der Waals surface area contributed by atoms with Crippen molar-refractivity contribution >= 4 is 0 Å². The number of likely N-dealkylation sites (tertiary alicyclic amines) is 1. The first-order valence-corrected chi connectivity index (χ1v) is 8.14.